The molecule has 2 aliphatic rings. The minimum atomic E-state index is -0.411. The maximum atomic E-state index is 13.1. The number of ether oxygens (including phenoxy) is 1. The number of nitro groups is 1. The maximum absolute atomic E-state index is 13.1. The van der Waals surface area contributed by atoms with Crippen LogP contribution in [0.15, 0.2) is 54.6 Å². The first-order valence-corrected chi connectivity index (χ1v) is 9.33. The Labute approximate surface area is 162 Å². The fraction of sp³-hybridized carbons (Fsp3) is 0.286. The lowest BCUT2D eigenvalue weighted by Gasteiger charge is -2.37. The normalized spacial score (nSPS) is 21.6. The Kier molecular flexibility index (Phi) is 5.08. The quantitative estimate of drug-likeness (QED) is 0.633. The molecule has 0 radical (unpaired) electrons. The largest absolute Gasteiger partial charge is 0.376 e. The number of hydrogen-bond acceptors (Lipinski definition) is 5. The fourth-order valence-corrected chi connectivity index (χ4v) is 3.66. The van der Waals surface area contributed by atoms with Gasteiger partial charge in [-0.1, -0.05) is 24.3 Å². The van der Waals surface area contributed by atoms with Crippen molar-refractivity contribution < 1.29 is 14.5 Å². The van der Waals surface area contributed by atoms with Gasteiger partial charge in [-0.05, 0) is 43.2 Å². The molecule has 144 valence electrons. The number of amides is 1. The van der Waals surface area contributed by atoms with E-state index in [9.17, 15) is 14.9 Å². The summed E-state index contributed by atoms with van der Waals surface area (Å²) >= 11 is 0. The molecule has 7 heteroatoms. The summed E-state index contributed by atoms with van der Waals surface area (Å²) in [6.07, 6.45) is 5.01. The van der Waals surface area contributed by atoms with Gasteiger partial charge in [0, 0.05) is 24.9 Å². The maximum Gasteiger partial charge on any atom is 0.276 e. The van der Waals surface area contributed by atoms with Crippen LogP contribution in [0.4, 0.5) is 11.4 Å². The van der Waals surface area contributed by atoms with Crippen molar-refractivity contribution in [1.29, 1.82) is 0 Å². The van der Waals surface area contributed by atoms with Crippen LogP contribution >= 0.6 is 0 Å². The number of fused-ring (bicyclic) bond motifs is 1. The lowest BCUT2D eigenvalue weighted by Crippen LogP contribution is -2.50. The second-order valence-electron chi connectivity index (χ2n) is 6.90. The second kappa shape index (κ2) is 7.82. The van der Waals surface area contributed by atoms with Crippen LogP contribution < -0.4 is 5.32 Å². The van der Waals surface area contributed by atoms with Gasteiger partial charge in [0.1, 0.15) is 6.17 Å². The summed E-state index contributed by atoms with van der Waals surface area (Å²) in [6.45, 7) is 1.19. The Morgan fingerprint density at radius 1 is 1.21 bits per heavy atom. The zero-order valence-corrected chi connectivity index (χ0v) is 15.3. The Morgan fingerprint density at radius 3 is 2.79 bits per heavy atom. The SMILES string of the molecule is O=C1c2ccccc2NC(C=Cc2ccccc2[N+](=O)[O-])N1CC1CCCO1. The molecule has 0 spiro atoms. The highest BCUT2D eigenvalue weighted by Crippen LogP contribution is 2.28. The third kappa shape index (κ3) is 3.61. The smallest absolute Gasteiger partial charge is 0.276 e. The van der Waals surface area contributed by atoms with E-state index >= 15 is 0 Å². The second-order valence-corrected chi connectivity index (χ2v) is 6.90. The van der Waals surface area contributed by atoms with Crippen LogP contribution in [-0.4, -0.2) is 41.2 Å². The Balaban J connectivity index is 1.64. The monoisotopic (exact) mass is 379 g/mol. The highest BCUT2D eigenvalue weighted by molar-refractivity contribution is 6.02. The number of nitrogens with zero attached hydrogens (tertiary/aromatic N) is 2. The summed E-state index contributed by atoms with van der Waals surface area (Å²) in [5.74, 6) is -0.0675. The topological polar surface area (TPSA) is 84.7 Å². The van der Waals surface area contributed by atoms with Crippen molar-refractivity contribution in [2.24, 2.45) is 0 Å². The Hall–Kier alpha value is -3.19. The highest BCUT2D eigenvalue weighted by atomic mass is 16.6. The molecule has 1 saturated heterocycles. The van der Waals surface area contributed by atoms with E-state index in [1.54, 1.807) is 41.3 Å². The van der Waals surface area contributed by atoms with Crippen LogP contribution in [0.25, 0.3) is 6.08 Å². The number of rotatable bonds is 5. The Bertz CT molecular complexity index is 921. The molecule has 1 N–H and O–H groups in total. The van der Waals surface area contributed by atoms with Gasteiger partial charge in [0.2, 0.25) is 0 Å². The summed E-state index contributed by atoms with van der Waals surface area (Å²) < 4.78 is 5.72. The molecule has 0 aromatic heterocycles. The summed E-state index contributed by atoms with van der Waals surface area (Å²) in [5.41, 5.74) is 1.91. The van der Waals surface area contributed by atoms with Crippen molar-refractivity contribution in [1.82, 2.24) is 4.90 Å². The predicted octanol–water partition coefficient (Wildman–Crippen LogP) is 3.68. The van der Waals surface area contributed by atoms with Gasteiger partial charge in [-0.25, -0.2) is 0 Å². The van der Waals surface area contributed by atoms with Crippen molar-refractivity contribution in [3.63, 3.8) is 0 Å². The number of carbonyl (C=O) groups is 1. The number of carbonyl (C=O) groups excluding carboxylic acids is 1. The summed E-state index contributed by atoms with van der Waals surface area (Å²) in [5, 5.41) is 14.6. The molecule has 0 aliphatic carbocycles. The van der Waals surface area contributed by atoms with E-state index in [0.29, 0.717) is 24.3 Å². The first kappa shape index (κ1) is 18.2. The average molecular weight is 379 g/mol. The number of hydrogen-bond donors (Lipinski definition) is 1. The zero-order valence-electron chi connectivity index (χ0n) is 15.3. The summed E-state index contributed by atoms with van der Waals surface area (Å²) in [4.78, 5) is 25.7. The predicted molar refractivity (Wildman–Crippen MR) is 106 cm³/mol. The molecule has 7 nitrogen and oxygen atoms in total. The summed E-state index contributed by atoms with van der Waals surface area (Å²) in [7, 11) is 0. The molecular weight excluding hydrogens is 358 g/mol. The van der Waals surface area contributed by atoms with Gasteiger partial charge < -0.3 is 15.0 Å². The lowest BCUT2D eigenvalue weighted by atomic mass is 10.1. The molecule has 2 aliphatic heterocycles. The lowest BCUT2D eigenvalue weighted by molar-refractivity contribution is -0.385. The molecule has 1 amide bonds. The molecule has 2 atom stereocenters. The molecule has 4 rings (SSSR count). The molecule has 28 heavy (non-hydrogen) atoms. The van der Waals surface area contributed by atoms with E-state index in [1.165, 1.54) is 6.07 Å². The van der Waals surface area contributed by atoms with Gasteiger partial charge in [-0.2, -0.15) is 0 Å². The van der Waals surface area contributed by atoms with Crippen LogP contribution in [0.5, 0.6) is 0 Å². The van der Waals surface area contributed by atoms with Crippen molar-refractivity contribution in [2.75, 3.05) is 18.5 Å². The number of nitro benzene ring substituents is 1. The van der Waals surface area contributed by atoms with E-state index in [2.05, 4.69) is 5.32 Å². The van der Waals surface area contributed by atoms with Crippen LogP contribution in [-0.2, 0) is 4.74 Å². The van der Waals surface area contributed by atoms with E-state index in [1.807, 2.05) is 18.2 Å². The van der Waals surface area contributed by atoms with Crippen LogP contribution in [0.2, 0.25) is 0 Å². The number of para-hydroxylation sites is 2. The molecule has 0 bridgehead atoms. The van der Waals surface area contributed by atoms with Gasteiger partial charge in [0.25, 0.3) is 11.6 Å². The molecule has 0 saturated carbocycles. The van der Waals surface area contributed by atoms with Gasteiger partial charge in [-0.3, -0.25) is 14.9 Å². The van der Waals surface area contributed by atoms with Gasteiger partial charge in [0.05, 0.1) is 22.2 Å². The molecule has 2 unspecified atom stereocenters. The van der Waals surface area contributed by atoms with E-state index < -0.39 is 11.1 Å². The third-order valence-corrected chi connectivity index (χ3v) is 5.07. The van der Waals surface area contributed by atoms with Gasteiger partial charge in [0.15, 0.2) is 0 Å². The molecular formula is C21H21N3O4. The first-order valence-electron chi connectivity index (χ1n) is 9.33. The molecule has 2 heterocycles. The van der Waals surface area contributed by atoms with Gasteiger partial charge in [-0.15, -0.1) is 0 Å². The van der Waals surface area contributed by atoms with Crippen LogP contribution in [0.1, 0.15) is 28.8 Å². The van der Waals surface area contributed by atoms with Crippen molar-refractivity contribution in [2.45, 2.75) is 25.1 Å². The molecule has 2 aromatic carbocycles. The minimum Gasteiger partial charge on any atom is -0.376 e. The van der Waals surface area contributed by atoms with Crippen LogP contribution in [0, 0.1) is 10.1 Å². The minimum absolute atomic E-state index is 0.0120. The van der Waals surface area contributed by atoms with Crippen molar-refractivity contribution in [3.05, 3.63) is 75.8 Å². The third-order valence-electron chi connectivity index (χ3n) is 5.07. The van der Waals surface area contributed by atoms with Gasteiger partial charge >= 0.3 is 0 Å². The average Bonchev–Trinajstić information content (AvgIpc) is 3.22. The Morgan fingerprint density at radius 2 is 2.00 bits per heavy atom. The summed E-state index contributed by atoms with van der Waals surface area (Å²) in [6, 6.07) is 13.9. The van der Waals surface area contributed by atoms with Crippen LogP contribution in [0.3, 0.4) is 0 Å². The fourth-order valence-electron chi connectivity index (χ4n) is 3.66. The van der Waals surface area contributed by atoms with E-state index in [-0.39, 0.29) is 17.7 Å². The van der Waals surface area contributed by atoms with E-state index in [0.717, 1.165) is 18.5 Å². The first-order chi connectivity index (χ1) is 13.6. The van der Waals surface area contributed by atoms with Crippen molar-refractivity contribution >= 4 is 23.4 Å². The van der Waals surface area contributed by atoms with Crippen molar-refractivity contribution in [3.8, 4) is 0 Å². The number of anilines is 1. The molecule has 2 aromatic rings. The zero-order chi connectivity index (χ0) is 19.5. The molecule has 1 fully saturated rings. The standard InChI is InChI=1S/C21H21N3O4/c25-21-17-8-2-3-9-18(17)22-20(23(21)14-16-7-5-13-28-16)12-11-15-6-1-4-10-19(15)24(26)27/h1-4,6,8-12,16,20,22H,5,7,13-14H2. The highest BCUT2D eigenvalue weighted by Gasteiger charge is 2.33. The number of nitrogens with one attached hydrogen (secondary N) is 1. The number of benzene rings is 2. The van der Waals surface area contributed by atoms with E-state index in [4.69, 9.17) is 4.74 Å².